The van der Waals surface area contributed by atoms with E-state index in [1.165, 1.54) is 12.8 Å². The summed E-state index contributed by atoms with van der Waals surface area (Å²) in [5.41, 5.74) is 2.05. The van der Waals surface area contributed by atoms with Crippen molar-refractivity contribution >= 4 is 11.9 Å². The van der Waals surface area contributed by atoms with Crippen molar-refractivity contribution in [1.82, 2.24) is 14.9 Å². The van der Waals surface area contributed by atoms with Crippen LogP contribution in [0.2, 0.25) is 0 Å². The van der Waals surface area contributed by atoms with E-state index in [0.717, 1.165) is 62.0 Å². The lowest BCUT2D eigenvalue weighted by Crippen LogP contribution is -2.42. The van der Waals surface area contributed by atoms with Crippen LogP contribution in [0.3, 0.4) is 0 Å². The zero-order chi connectivity index (χ0) is 16.1. The van der Waals surface area contributed by atoms with Gasteiger partial charge in [0.05, 0.1) is 24.3 Å². The molecule has 0 bridgehead atoms. The molecule has 1 aromatic heterocycles. The normalized spacial score (nSPS) is 28.9. The number of carbonyl (C=O) groups excluding carboxylic acids is 1. The number of nitrogens with one attached hydrogen (secondary N) is 1. The maximum atomic E-state index is 12.4. The van der Waals surface area contributed by atoms with Gasteiger partial charge in [-0.25, -0.2) is 9.97 Å². The number of amides is 1. The molecular weight excluding hydrogens is 304 g/mol. The van der Waals surface area contributed by atoms with Gasteiger partial charge in [-0.2, -0.15) is 0 Å². The summed E-state index contributed by atoms with van der Waals surface area (Å²) in [6.07, 6.45) is 7.60. The van der Waals surface area contributed by atoms with Crippen LogP contribution in [0, 0.1) is 11.8 Å². The lowest BCUT2D eigenvalue weighted by molar-refractivity contribution is -0.131. The lowest BCUT2D eigenvalue weighted by Gasteiger charge is -2.34. The van der Waals surface area contributed by atoms with Crippen LogP contribution in [0.1, 0.15) is 43.4 Å². The second-order valence-corrected chi connectivity index (χ2v) is 7.95. The quantitative estimate of drug-likeness (QED) is 0.911. The summed E-state index contributed by atoms with van der Waals surface area (Å²) in [6, 6.07) is 0. The number of ether oxygens (including phenoxy) is 1. The van der Waals surface area contributed by atoms with Crippen molar-refractivity contribution in [3.8, 4) is 0 Å². The monoisotopic (exact) mass is 328 g/mol. The Morgan fingerprint density at radius 2 is 2.25 bits per heavy atom. The van der Waals surface area contributed by atoms with Gasteiger partial charge in [0.1, 0.15) is 0 Å². The summed E-state index contributed by atoms with van der Waals surface area (Å²) in [5.74, 6) is 2.14. The first-order chi connectivity index (χ1) is 11.7. The van der Waals surface area contributed by atoms with Crippen LogP contribution in [0.25, 0.3) is 0 Å². The Morgan fingerprint density at radius 1 is 1.38 bits per heavy atom. The summed E-state index contributed by atoms with van der Waals surface area (Å²) >= 11 is 0. The van der Waals surface area contributed by atoms with Gasteiger partial charge in [0, 0.05) is 37.3 Å². The maximum absolute atomic E-state index is 12.4. The Kier molecular flexibility index (Phi) is 3.30. The standard InChI is InChI=1S/C18H24N4O2/c23-16(13-3-4-13)22-6-5-18(10-22)11-24-9-14-8-20-17(21-15(14)18)19-7-12-1-2-12/h8,12-13H,1-7,9-11H2,(H,19,20,21). The fourth-order valence-corrected chi connectivity index (χ4v) is 4.00. The average Bonchev–Trinajstić information content (AvgIpc) is 3.52. The number of carbonyl (C=O) groups is 1. The van der Waals surface area contributed by atoms with E-state index in [1.54, 1.807) is 0 Å². The van der Waals surface area contributed by atoms with Crippen molar-refractivity contribution < 1.29 is 9.53 Å². The van der Waals surface area contributed by atoms with Gasteiger partial charge in [0.15, 0.2) is 0 Å². The molecule has 0 radical (unpaired) electrons. The molecule has 1 saturated heterocycles. The summed E-state index contributed by atoms with van der Waals surface area (Å²) in [6.45, 7) is 3.78. The molecule has 1 aromatic rings. The number of nitrogens with zero attached hydrogens (tertiary/aromatic N) is 3. The zero-order valence-electron chi connectivity index (χ0n) is 14.0. The molecule has 3 fully saturated rings. The molecule has 1 unspecified atom stereocenters. The summed E-state index contributed by atoms with van der Waals surface area (Å²) in [4.78, 5) is 23.8. The van der Waals surface area contributed by atoms with Gasteiger partial charge in [-0.15, -0.1) is 0 Å². The predicted molar refractivity (Wildman–Crippen MR) is 88.5 cm³/mol. The Bertz CT molecular complexity index is 671. The minimum Gasteiger partial charge on any atom is -0.376 e. The van der Waals surface area contributed by atoms with Gasteiger partial charge < -0.3 is 15.0 Å². The van der Waals surface area contributed by atoms with Crippen LogP contribution in [-0.2, 0) is 21.6 Å². The highest BCUT2D eigenvalue weighted by atomic mass is 16.5. The van der Waals surface area contributed by atoms with Crippen LogP contribution in [-0.4, -0.2) is 47.0 Å². The van der Waals surface area contributed by atoms with Gasteiger partial charge >= 0.3 is 0 Å². The average molecular weight is 328 g/mol. The molecule has 2 saturated carbocycles. The highest BCUT2D eigenvalue weighted by molar-refractivity contribution is 5.81. The first kappa shape index (κ1) is 14.6. The fraction of sp³-hybridized carbons (Fsp3) is 0.722. The number of fused-ring (bicyclic) bond motifs is 2. The Labute approximate surface area is 142 Å². The van der Waals surface area contributed by atoms with Crippen molar-refractivity contribution in [3.05, 3.63) is 17.5 Å². The third kappa shape index (κ3) is 2.57. The lowest BCUT2D eigenvalue weighted by atomic mass is 9.80. The molecule has 24 heavy (non-hydrogen) atoms. The van der Waals surface area contributed by atoms with E-state index in [1.807, 2.05) is 11.1 Å². The molecule has 0 aromatic carbocycles. The third-order valence-corrected chi connectivity index (χ3v) is 5.84. The molecule has 3 heterocycles. The minimum atomic E-state index is -0.142. The molecule has 6 heteroatoms. The number of hydrogen-bond acceptors (Lipinski definition) is 5. The summed E-state index contributed by atoms with van der Waals surface area (Å²) in [5, 5.41) is 3.38. The topological polar surface area (TPSA) is 67.4 Å². The van der Waals surface area contributed by atoms with Crippen LogP contribution in [0.4, 0.5) is 5.95 Å². The van der Waals surface area contributed by atoms with Crippen molar-refractivity contribution in [2.24, 2.45) is 11.8 Å². The van der Waals surface area contributed by atoms with E-state index in [-0.39, 0.29) is 11.3 Å². The first-order valence-corrected chi connectivity index (χ1v) is 9.20. The van der Waals surface area contributed by atoms with Crippen LogP contribution < -0.4 is 5.32 Å². The predicted octanol–water partition coefficient (Wildman–Crippen LogP) is 1.71. The molecule has 2 aliphatic carbocycles. The summed E-state index contributed by atoms with van der Waals surface area (Å²) in [7, 11) is 0. The smallest absolute Gasteiger partial charge is 0.225 e. The number of hydrogen-bond donors (Lipinski definition) is 1. The molecule has 6 nitrogen and oxygen atoms in total. The van der Waals surface area contributed by atoms with E-state index in [4.69, 9.17) is 9.72 Å². The number of likely N-dealkylation sites (tertiary alicyclic amines) is 1. The van der Waals surface area contributed by atoms with Crippen LogP contribution >= 0.6 is 0 Å². The van der Waals surface area contributed by atoms with Crippen molar-refractivity contribution in [3.63, 3.8) is 0 Å². The van der Waals surface area contributed by atoms with Crippen molar-refractivity contribution in [1.29, 1.82) is 0 Å². The highest BCUT2D eigenvalue weighted by Gasteiger charge is 2.48. The molecule has 1 N–H and O–H groups in total. The Morgan fingerprint density at radius 3 is 3.04 bits per heavy atom. The largest absolute Gasteiger partial charge is 0.376 e. The van der Waals surface area contributed by atoms with Crippen LogP contribution in [0.5, 0.6) is 0 Å². The van der Waals surface area contributed by atoms with E-state index in [9.17, 15) is 4.79 Å². The van der Waals surface area contributed by atoms with Crippen molar-refractivity contribution in [2.75, 3.05) is 31.6 Å². The molecule has 128 valence electrons. The van der Waals surface area contributed by atoms with E-state index in [2.05, 4.69) is 10.3 Å². The van der Waals surface area contributed by atoms with Gasteiger partial charge in [-0.05, 0) is 38.0 Å². The van der Waals surface area contributed by atoms with Gasteiger partial charge in [-0.3, -0.25) is 4.79 Å². The Hall–Kier alpha value is -1.69. The van der Waals surface area contributed by atoms with E-state index >= 15 is 0 Å². The number of rotatable bonds is 4. The van der Waals surface area contributed by atoms with Gasteiger partial charge in [0.25, 0.3) is 0 Å². The Balaban J connectivity index is 1.39. The maximum Gasteiger partial charge on any atom is 0.225 e. The molecule has 2 aliphatic heterocycles. The fourth-order valence-electron chi connectivity index (χ4n) is 4.00. The third-order valence-electron chi connectivity index (χ3n) is 5.84. The summed E-state index contributed by atoms with van der Waals surface area (Å²) < 4.78 is 5.85. The molecule has 1 spiro atoms. The van der Waals surface area contributed by atoms with E-state index in [0.29, 0.717) is 19.1 Å². The first-order valence-electron chi connectivity index (χ1n) is 9.20. The number of aromatic nitrogens is 2. The molecule has 4 aliphatic rings. The second-order valence-electron chi connectivity index (χ2n) is 7.95. The van der Waals surface area contributed by atoms with E-state index < -0.39 is 0 Å². The zero-order valence-corrected chi connectivity index (χ0v) is 14.0. The SMILES string of the molecule is O=C(C1CC1)N1CCC2(COCc3cnc(NCC4CC4)nc32)C1. The molecule has 5 rings (SSSR count). The molecule has 1 amide bonds. The molecular formula is C18H24N4O2. The van der Waals surface area contributed by atoms with Crippen LogP contribution in [0.15, 0.2) is 6.20 Å². The number of anilines is 1. The van der Waals surface area contributed by atoms with Crippen molar-refractivity contribution in [2.45, 2.75) is 44.1 Å². The van der Waals surface area contributed by atoms with Gasteiger partial charge in [0.2, 0.25) is 11.9 Å². The highest BCUT2D eigenvalue weighted by Crippen LogP contribution is 2.41. The molecule has 1 atom stereocenters. The minimum absolute atomic E-state index is 0.142. The second kappa shape index (κ2) is 5.41. The van der Waals surface area contributed by atoms with Gasteiger partial charge in [-0.1, -0.05) is 0 Å².